The number of rotatable bonds is 4. The van der Waals surface area contributed by atoms with Crippen LogP contribution < -0.4 is 29.6 Å². The summed E-state index contributed by atoms with van der Waals surface area (Å²) in [6.45, 7) is 1.84. The van der Waals surface area contributed by atoms with Crippen LogP contribution in [0.4, 0.5) is 0 Å². The number of ether oxygens (including phenoxy) is 1. The molecule has 1 amide bonds. The van der Waals surface area contributed by atoms with Gasteiger partial charge in [0.25, 0.3) is 0 Å². The fourth-order valence-electron chi connectivity index (χ4n) is 2.41. The number of carboxylic acid groups (broad SMARTS) is 1. The van der Waals surface area contributed by atoms with Crippen molar-refractivity contribution in [2.75, 3.05) is 13.7 Å². The number of β-lactam (4-membered cyclic amide) rings is 1. The summed E-state index contributed by atoms with van der Waals surface area (Å²) >= 11 is 1.40. The monoisotopic (exact) mass is 285 g/mol. The van der Waals surface area contributed by atoms with E-state index in [0.29, 0.717) is 0 Å². The molecule has 6 nitrogen and oxygen atoms in total. The van der Waals surface area contributed by atoms with Gasteiger partial charge in [-0.1, -0.05) is 0 Å². The minimum absolute atomic E-state index is 0. The van der Waals surface area contributed by atoms with Crippen LogP contribution in [0.15, 0.2) is 0 Å². The molecule has 0 aromatic rings. The number of fused-ring (bicyclic) bond motifs is 1. The molecule has 18 heavy (non-hydrogen) atoms. The summed E-state index contributed by atoms with van der Waals surface area (Å²) in [6.07, 6.45) is -0.744. The molecule has 0 bridgehead atoms. The van der Waals surface area contributed by atoms with Crippen LogP contribution in [-0.2, 0) is 14.3 Å². The maximum absolute atomic E-state index is 11.8. The van der Waals surface area contributed by atoms with Gasteiger partial charge in [0.05, 0.1) is 29.3 Å². The molecule has 2 aliphatic heterocycles. The summed E-state index contributed by atoms with van der Waals surface area (Å²) in [5.41, 5.74) is 0. The number of carbonyl (C=O) groups excluding carboxylic acids is 1. The number of methoxy groups -OCH3 is 1. The van der Waals surface area contributed by atoms with Gasteiger partial charge in [-0.2, -0.15) is 0 Å². The first-order valence-corrected chi connectivity index (χ1v) is 6.30. The van der Waals surface area contributed by atoms with Crippen LogP contribution in [0.25, 0.3) is 0 Å². The molecule has 2 heterocycles. The third kappa shape index (κ3) is 2.44. The van der Waals surface area contributed by atoms with Gasteiger partial charge < -0.3 is 21.3 Å². The van der Waals surface area contributed by atoms with E-state index in [1.165, 1.54) is 23.8 Å². The maximum Gasteiger partial charge on any atom is 1.00 e. The Morgan fingerprint density at radius 3 is 2.72 bits per heavy atom. The van der Waals surface area contributed by atoms with Crippen LogP contribution >= 0.6 is 11.8 Å². The van der Waals surface area contributed by atoms with E-state index in [0.717, 1.165) is 0 Å². The largest absolute Gasteiger partial charge is 1.00 e. The molecule has 2 fully saturated rings. The molecule has 0 radical (unpaired) electrons. The number of thioether (sulfide) groups is 1. The fraction of sp³-hybridized carbons (Fsp3) is 0.800. The Balaban J connectivity index is 0.00000162. The van der Waals surface area contributed by atoms with E-state index in [9.17, 15) is 14.7 Å². The van der Waals surface area contributed by atoms with E-state index in [1.807, 2.05) is 0 Å². The number of amides is 1. The van der Waals surface area contributed by atoms with Crippen LogP contribution in [0.1, 0.15) is 8.35 Å². The number of aliphatic hydroxyl groups is 1. The van der Waals surface area contributed by atoms with Gasteiger partial charge in [-0.05, 0) is 6.92 Å². The fourth-order valence-corrected chi connectivity index (χ4v) is 4.25. The molecule has 0 saturated carbocycles. The minimum atomic E-state index is -1.01. The Bertz CT molecular complexity index is 359. The van der Waals surface area contributed by atoms with Crippen molar-refractivity contribution in [1.29, 1.82) is 0 Å². The third-order valence-corrected chi connectivity index (χ3v) is 4.73. The second kappa shape index (κ2) is 6.11. The third-order valence-electron chi connectivity index (χ3n) is 3.19. The van der Waals surface area contributed by atoms with Crippen molar-refractivity contribution in [2.24, 2.45) is 5.92 Å². The summed E-state index contributed by atoms with van der Waals surface area (Å²) in [7, 11) is 1.50. The number of carboxylic acids is 1. The molecule has 2 rings (SSSR count). The van der Waals surface area contributed by atoms with Crippen molar-refractivity contribution in [3.05, 3.63) is 0 Å². The summed E-state index contributed by atoms with van der Waals surface area (Å²) in [4.78, 5) is 24.3. The van der Waals surface area contributed by atoms with Crippen LogP contribution in [0.2, 0.25) is 0 Å². The molecule has 98 valence electrons. The number of nitrogens with zero attached hydrogens (tertiary/aromatic N) is 1. The Morgan fingerprint density at radius 2 is 2.28 bits per heavy atom. The van der Waals surface area contributed by atoms with E-state index >= 15 is 0 Å². The molecule has 5 atom stereocenters. The average Bonchev–Trinajstić information content (AvgIpc) is 2.53. The van der Waals surface area contributed by atoms with Crippen molar-refractivity contribution in [3.63, 3.8) is 0 Å². The van der Waals surface area contributed by atoms with Crippen molar-refractivity contribution < 1.29 is 55.5 Å². The van der Waals surface area contributed by atoms with Gasteiger partial charge in [0, 0.05) is 7.11 Å². The normalized spacial score (nSPS) is 35.5. The zero-order chi connectivity index (χ0) is 12.7. The number of carbonyl (C=O) groups is 2. The van der Waals surface area contributed by atoms with E-state index in [-0.39, 0.29) is 54.1 Å². The molecule has 2 N–H and O–H groups in total. The Kier molecular flexibility index (Phi) is 5.52. The first-order valence-electron chi connectivity index (χ1n) is 5.36. The van der Waals surface area contributed by atoms with E-state index < -0.39 is 24.0 Å². The van der Waals surface area contributed by atoms with Crippen molar-refractivity contribution >= 4 is 23.6 Å². The van der Waals surface area contributed by atoms with Gasteiger partial charge in [0.1, 0.15) is 6.04 Å². The van der Waals surface area contributed by atoms with Crippen molar-refractivity contribution in [3.8, 4) is 0 Å². The number of aliphatic hydroxyl groups excluding tert-OH is 1. The van der Waals surface area contributed by atoms with Gasteiger partial charge in [-0.25, -0.2) is 4.79 Å². The first kappa shape index (κ1) is 16.3. The molecule has 3 unspecified atom stereocenters. The zero-order valence-corrected chi connectivity index (χ0v) is 13.4. The number of aliphatic carboxylic acids is 1. The maximum atomic E-state index is 11.8. The summed E-state index contributed by atoms with van der Waals surface area (Å²) in [6, 6.07) is -0.840. The quantitative estimate of drug-likeness (QED) is 0.411. The van der Waals surface area contributed by atoms with Gasteiger partial charge >= 0.3 is 35.5 Å². The van der Waals surface area contributed by atoms with Crippen LogP contribution in [-0.4, -0.2) is 63.5 Å². The van der Waals surface area contributed by atoms with E-state index in [4.69, 9.17) is 9.84 Å². The van der Waals surface area contributed by atoms with Gasteiger partial charge in [0.15, 0.2) is 0 Å². The molecular formula is C10H16NNaO5S. The van der Waals surface area contributed by atoms with Gasteiger partial charge in [0.2, 0.25) is 5.91 Å². The number of hydrogen-bond donors (Lipinski definition) is 2. The van der Waals surface area contributed by atoms with Gasteiger partial charge in [-0.15, -0.1) is 11.8 Å². The standard InChI is InChI=1S/C10H15NO5S.Na.H/c1-4(12)6-8(13)11-7(10(14)15)5(3-16-2)17-9(6)11;;/h4-7,9,12H,3H2,1-2H3,(H,14,15);;/q;+1;-1/t4-,5?,6+,7?,9?;;/m1../s1. The predicted octanol–water partition coefficient (Wildman–Crippen LogP) is -3.52. The molecule has 8 heteroatoms. The molecule has 2 saturated heterocycles. The van der Waals surface area contributed by atoms with E-state index in [2.05, 4.69) is 0 Å². The second-order valence-corrected chi connectivity index (χ2v) is 5.68. The molecule has 0 aromatic heterocycles. The second-order valence-electron chi connectivity index (χ2n) is 4.32. The van der Waals surface area contributed by atoms with Gasteiger partial charge in [-0.3, -0.25) is 4.79 Å². The molecule has 0 aromatic carbocycles. The molecule has 0 spiro atoms. The molecular weight excluding hydrogens is 269 g/mol. The predicted molar refractivity (Wildman–Crippen MR) is 61.6 cm³/mol. The van der Waals surface area contributed by atoms with Crippen LogP contribution in [0.3, 0.4) is 0 Å². The average molecular weight is 285 g/mol. The van der Waals surface area contributed by atoms with Crippen molar-refractivity contribution in [1.82, 2.24) is 4.90 Å². The molecule has 2 aliphatic rings. The topological polar surface area (TPSA) is 87.1 Å². The minimum Gasteiger partial charge on any atom is -1.00 e. The summed E-state index contributed by atoms with van der Waals surface area (Å²) in [5, 5.41) is 18.1. The van der Waals surface area contributed by atoms with Crippen LogP contribution in [0, 0.1) is 5.92 Å². The Morgan fingerprint density at radius 1 is 1.67 bits per heavy atom. The SMILES string of the molecule is COCC1SC2[C@@H]([C@@H](C)O)C(=O)N2C1C(=O)O.[H-].[Na+]. The van der Waals surface area contributed by atoms with Crippen molar-refractivity contribution in [2.45, 2.75) is 29.7 Å². The first-order chi connectivity index (χ1) is 7.99. The molecule has 0 aliphatic carbocycles. The van der Waals surface area contributed by atoms with Crippen LogP contribution in [0.5, 0.6) is 0 Å². The zero-order valence-electron chi connectivity index (χ0n) is 11.6. The van der Waals surface area contributed by atoms with E-state index in [1.54, 1.807) is 6.92 Å². The Hall–Kier alpha value is 0.210. The Labute approximate surface area is 133 Å². The number of hydrogen-bond acceptors (Lipinski definition) is 5. The summed E-state index contributed by atoms with van der Waals surface area (Å²) in [5.74, 6) is -1.77. The smallest absolute Gasteiger partial charge is 1.00 e. The summed E-state index contributed by atoms with van der Waals surface area (Å²) < 4.78 is 4.98.